The van der Waals surface area contributed by atoms with E-state index in [9.17, 15) is 29.4 Å². The Morgan fingerprint density at radius 2 is 1.11 bits per heavy atom. The minimum Gasteiger partial charge on any atom is -0.478 e. The molecule has 0 saturated heterocycles. The van der Waals surface area contributed by atoms with Crippen molar-refractivity contribution in [1.82, 2.24) is 0 Å². The molecule has 4 heterocycles. The Morgan fingerprint density at radius 1 is 0.617 bits per heavy atom. The fourth-order valence-electron chi connectivity index (χ4n) is 4.34. The van der Waals surface area contributed by atoms with Gasteiger partial charge in [-0.05, 0) is 70.8 Å². The number of carbonyl (C=O) groups excluding carboxylic acids is 2. The van der Waals surface area contributed by atoms with E-state index in [1.54, 1.807) is 76.1 Å². The average Bonchev–Trinajstić information content (AvgIpc) is 3.85. The third kappa shape index (κ3) is 7.99. The zero-order valence-electron chi connectivity index (χ0n) is 24.1. The Bertz CT molecular complexity index is 2060. The number of carboxylic acids is 2. The smallest absolute Gasteiger partial charge is 0.339 e. The Hall–Kier alpha value is -4.30. The van der Waals surface area contributed by atoms with Crippen molar-refractivity contribution in [3.63, 3.8) is 0 Å². The standard InChI is InChI=1S/C17H12ClNO3S2.C16H10ClNO3S2/c1-9-6-7-23-14(9)15(20)19-16-13(17(21)22)12(8-24-16)10-2-4-11(18)5-3-10;17-11-3-1-9(2-4-11)12-8-23-15(13(12)16(20)21)18-14(19)10-5-6-22-7-10/h2-8H,1H3,(H,19,20)(H,21,22);1-8H,(H,18,19)(H,20,21). The van der Waals surface area contributed by atoms with Crippen molar-refractivity contribution in [2.24, 2.45) is 0 Å². The van der Waals surface area contributed by atoms with Gasteiger partial charge in [-0.25, -0.2) is 9.59 Å². The molecule has 6 aromatic rings. The molecule has 0 aliphatic rings. The van der Waals surface area contributed by atoms with Gasteiger partial charge in [0.25, 0.3) is 11.8 Å². The second-order valence-electron chi connectivity index (χ2n) is 9.68. The van der Waals surface area contributed by atoms with Crippen LogP contribution in [-0.4, -0.2) is 34.0 Å². The van der Waals surface area contributed by atoms with E-state index >= 15 is 0 Å². The third-order valence-corrected chi connectivity index (χ3v) is 10.6. The summed E-state index contributed by atoms with van der Waals surface area (Å²) in [6.07, 6.45) is 0. The third-order valence-electron chi connectivity index (χ3n) is 6.63. The first-order valence-corrected chi connectivity index (χ1v) is 17.8. The minimum absolute atomic E-state index is 0.0842. The molecule has 0 fully saturated rings. The van der Waals surface area contributed by atoms with E-state index in [1.165, 1.54) is 45.3 Å². The van der Waals surface area contributed by atoms with Crippen LogP contribution < -0.4 is 10.6 Å². The van der Waals surface area contributed by atoms with E-state index in [2.05, 4.69) is 10.6 Å². The Labute approximate surface area is 294 Å². The van der Waals surface area contributed by atoms with Crippen LogP contribution in [0, 0.1) is 6.92 Å². The first kappa shape index (κ1) is 34.0. The minimum atomic E-state index is -1.09. The molecule has 47 heavy (non-hydrogen) atoms. The van der Waals surface area contributed by atoms with Crippen molar-refractivity contribution >= 4 is 102 Å². The zero-order valence-corrected chi connectivity index (χ0v) is 28.9. The molecule has 2 aromatic carbocycles. The van der Waals surface area contributed by atoms with Gasteiger partial charge in [-0.1, -0.05) is 47.5 Å². The molecule has 0 spiro atoms. The predicted molar refractivity (Wildman–Crippen MR) is 193 cm³/mol. The van der Waals surface area contributed by atoms with E-state index < -0.39 is 11.9 Å². The van der Waals surface area contributed by atoms with Crippen LogP contribution in [0.4, 0.5) is 10.0 Å². The molecule has 2 amide bonds. The molecule has 0 radical (unpaired) electrons. The number of carboxylic acid groups (broad SMARTS) is 2. The van der Waals surface area contributed by atoms with Crippen molar-refractivity contribution < 1.29 is 29.4 Å². The normalized spacial score (nSPS) is 10.5. The number of hydrogen-bond acceptors (Lipinski definition) is 8. The average molecular weight is 742 g/mol. The van der Waals surface area contributed by atoms with Crippen molar-refractivity contribution in [3.8, 4) is 22.3 Å². The fourth-order valence-corrected chi connectivity index (χ4v) is 7.96. The molecule has 0 bridgehead atoms. The van der Waals surface area contributed by atoms with E-state index in [0.29, 0.717) is 41.6 Å². The number of aromatic carboxylic acids is 2. The lowest BCUT2D eigenvalue weighted by Crippen LogP contribution is -2.13. The molecule has 0 aliphatic carbocycles. The molecular weight excluding hydrogens is 720 g/mol. The maximum Gasteiger partial charge on any atom is 0.339 e. The quantitative estimate of drug-likeness (QED) is 0.123. The molecule has 238 valence electrons. The number of halogens is 2. The number of rotatable bonds is 8. The summed E-state index contributed by atoms with van der Waals surface area (Å²) in [4.78, 5) is 48.4. The number of hydrogen-bond donors (Lipinski definition) is 4. The molecule has 0 aliphatic heterocycles. The number of aryl methyl sites for hydroxylation is 1. The molecular formula is C33H22Cl2N2O6S4. The lowest BCUT2D eigenvalue weighted by Gasteiger charge is -2.06. The Morgan fingerprint density at radius 3 is 1.51 bits per heavy atom. The summed E-state index contributed by atoms with van der Waals surface area (Å²) < 4.78 is 0. The van der Waals surface area contributed by atoms with Crippen molar-refractivity contribution in [3.05, 3.63) is 125 Å². The highest BCUT2D eigenvalue weighted by Crippen LogP contribution is 2.38. The topological polar surface area (TPSA) is 133 Å². The van der Waals surface area contributed by atoms with Gasteiger partial charge in [-0.2, -0.15) is 11.3 Å². The second kappa shape index (κ2) is 15.1. The number of anilines is 2. The van der Waals surface area contributed by atoms with Gasteiger partial charge < -0.3 is 20.8 Å². The van der Waals surface area contributed by atoms with Gasteiger partial charge in [0.1, 0.15) is 21.1 Å². The van der Waals surface area contributed by atoms with Crippen LogP contribution in [0.1, 0.15) is 46.3 Å². The molecule has 0 atom stereocenters. The van der Waals surface area contributed by atoms with Gasteiger partial charge in [-0.15, -0.1) is 34.0 Å². The van der Waals surface area contributed by atoms with Gasteiger partial charge in [0, 0.05) is 37.3 Å². The summed E-state index contributed by atoms with van der Waals surface area (Å²) in [7, 11) is 0. The molecule has 8 nitrogen and oxygen atoms in total. The molecule has 6 rings (SSSR count). The van der Waals surface area contributed by atoms with Crippen molar-refractivity contribution in [2.45, 2.75) is 6.92 Å². The fraction of sp³-hybridized carbons (Fsp3) is 0.0303. The monoisotopic (exact) mass is 740 g/mol. The zero-order chi connectivity index (χ0) is 33.7. The molecule has 4 N–H and O–H groups in total. The summed E-state index contributed by atoms with van der Waals surface area (Å²) in [5, 5.41) is 35.1. The Balaban J connectivity index is 0.000000185. The van der Waals surface area contributed by atoms with E-state index in [0.717, 1.165) is 16.7 Å². The van der Waals surface area contributed by atoms with Crippen LogP contribution in [0.2, 0.25) is 10.0 Å². The van der Waals surface area contributed by atoms with Crippen LogP contribution in [0.25, 0.3) is 22.3 Å². The molecule has 0 saturated carbocycles. The highest BCUT2D eigenvalue weighted by Gasteiger charge is 2.23. The van der Waals surface area contributed by atoms with Gasteiger partial charge in [0.2, 0.25) is 0 Å². The van der Waals surface area contributed by atoms with Crippen LogP contribution in [0.5, 0.6) is 0 Å². The summed E-state index contributed by atoms with van der Waals surface area (Å²) in [5.74, 6) is -2.79. The summed E-state index contributed by atoms with van der Waals surface area (Å²) >= 11 is 16.9. The lowest BCUT2D eigenvalue weighted by molar-refractivity contribution is 0.0688. The maximum atomic E-state index is 12.4. The van der Waals surface area contributed by atoms with Gasteiger partial charge >= 0.3 is 11.9 Å². The Kier molecular flexibility index (Phi) is 10.9. The molecule has 0 unspecified atom stereocenters. The van der Waals surface area contributed by atoms with Crippen LogP contribution in [-0.2, 0) is 0 Å². The SMILES string of the molecule is Cc1ccsc1C(=O)Nc1scc(-c2ccc(Cl)cc2)c1C(=O)O.O=C(Nc1scc(-c2ccc(Cl)cc2)c1C(=O)O)c1ccsc1. The van der Waals surface area contributed by atoms with Crippen LogP contribution >= 0.6 is 68.5 Å². The van der Waals surface area contributed by atoms with E-state index in [1.807, 2.05) is 18.4 Å². The van der Waals surface area contributed by atoms with Crippen molar-refractivity contribution in [2.75, 3.05) is 10.6 Å². The van der Waals surface area contributed by atoms with Gasteiger partial charge in [-0.3, -0.25) is 9.59 Å². The number of amides is 2. The van der Waals surface area contributed by atoms with E-state index in [-0.39, 0.29) is 22.9 Å². The number of benzene rings is 2. The van der Waals surface area contributed by atoms with Crippen molar-refractivity contribution in [1.29, 1.82) is 0 Å². The van der Waals surface area contributed by atoms with Crippen LogP contribution in [0.15, 0.2) is 87.6 Å². The maximum absolute atomic E-state index is 12.4. The number of carbonyl (C=O) groups is 4. The number of thiophene rings is 4. The predicted octanol–water partition coefficient (Wildman–Crippen LogP) is 10.5. The van der Waals surface area contributed by atoms with Crippen LogP contribution in [0.3, 0.4) is 0 Å². The summed E-state index contributed by atoms with van der Waals surface area (Å²) in [6, 6.07) is 17.4. The highest BCUT2D eigenvalue weighted by molar-refractivity contribution is 7.16. The van der Waals surface area contributed by atoms with Gasteiger partial charge in [0.15, 0.2) is 0 Å². The second-order valence-corrected chi connectivity index (χ2v) is 14.0. The highest BCUT2D eigenvalue weighted by atomic mass is 35.5. The first-order chi connectivity index (χ1) is 22.5. The first-order valence-electron chi connectivity index (χ1n) is 13.4. The lowest BCUT2D eigenvalue weighted by atomic mass is 10.0. The van der Waals surface area contributed by atoms with Gasteiger partial charge in [0.05, 0.1) is 10.4 Å². The molecule has 4 aromatic heterocycles. The largest absolute Gasteiger partial charge is 0.478 e. The molecule has 14 heteroatoms. The summed E-state index contributed by atoms with van der Waals surface area (Å²) in [5.41, 5.74) is 4.13. The van der Waals surface area contributed by atoms with E-state index in [4.69, 9.17) is 23.2 Å². The summed E-state index contributed by atoms with van der Waals surface area (Å²) in [6.45, 7) is 1.84. The number of nitrogens with one attached hydrogen (secondary N) is 2.